The van der Waals surface area contributed by atoms with Crippen LogP contribution in [0.2, 0.25) is 0 Å². The number of hydrogen-bond donors (Lipinski definition) is 1. The van der Waals surface area contributed by atoms with Gasteiger partial charge in [-0.3, -0.25) is 10.1 Å². The van der Waals surface area contributed by atoms with Gasteiger partial charge in [0.25, 0.3) is 0 Å². The normalized spacial score (nSPS) is 25.3. The summed E-state index contributed by atoms with van der Waals surface area (Å²) in [7, 11) is 4.09. The minimum atomic E-state index is -0.0467. The van der Waals surface area contributed by atoms with Crippen LogP contribution in [0.5, 0.6) is 0 Å². The number of hydrogen-bond acceptors (Lipinski definition) is 4. The summed E-state index contributed by atoms with van der Waals surface area (Å²) in [6, 6.07) is 2.26. The van der Waals surface area contributed by atoms with Crippen LogP contribution in [0.25, 0.3) is 0 Å². The maximum atomic E-state index is 12.5. The number of likely N-dealkylation sites (N-methyl/N-ethyl adjacent to an activating group) is 1. The molecule has 1 saturated heterocycles. The molecule has 1 aromatic heterocycles. The molecule has 19 heavy (non-hydrogen) atoms. The largest absolute Gasteiger partial charge is 0.318 e. The lowest BCUT2D eigenvalue weighted by Gasteiger charge is -2.31. The van der Waals surface area contributed by atoms with E-state index in [4.69, 9.17) is 0 Å². The number of carbonyl (C=O) groups excluding carboxylic acids is 1. The number of nitrogens with zero attached hydrogens (tertiary/aromatic N) is 2. The van der Waals surface area contributed by atoms with Gasteiger partial charge in [-0.15, -0.1) is 0 Å². The molecule has 0 spiro atoms. The molecule has 5 heteroatoms. The van der Waals surface area contributed by atoms with Gasteiger partial charge in [0.1, 0.15) is 6.17 Å². The van der Waals surface area contributed by atoms with E-state index in [2.05, 4.69) is 40.9 Å². The third-order valence-corrected chi connectivity index (χ3v) is 4.26. The van der Waals surface area contributed by atoms with Gasteiger partial charge in [-0.05, 0) is 49.8 Å². The molecule has 0 saturated carbocycles. The molecule has 3 atom stereocenters. The number of amides is 1. The minimum Gasteiger partial charge on any atom is -0.318 e. The summed E-state index contributed by atoms with van der Waals surface area (Å²) in [4.78, 5) is 16.7. The zero-order valence-corrected chi connectivity index (χ0v) is 12.9. The van der Waals surface area contributed by atoms with E-state index in [0.29, 0.717) is 0 Å². The molecule has 2 heterocycles. The van der Waals surface area contributed by atoms with Gasteiger partial charge in [0, 0.05) is 12.6 Å². The molecule has 0 aliphatic carbocycles. The van der Waals surface area contributed by atoms with E-state index >= 15 is 0 Å². The first-order valence-electron chi connectivity index (χ1n) is 6.79. The molecular weight excluding hydrogens is 258 g/mol. The van der Waals surface area contributed by atoms with Crippen LogP contribution >= 0.6 is 11.3 Å². The van der Waals surface area contributed by atoms with Gasteiger partial charge in [-0.1, -0.05) is 6.92 Å². The molecule has 3 unspecified atom stereocenters. The maximum Gasteiger partial charge on any atom is 0.241 e. The standard InChI is InChI=1S/C14H23N3OS/c1-5-12-14(18)17(10(2)8-16(3)4)13(15-12)11-6-7-19-9-11/h6-7,9-10,12-13,15H,5,8H2,1-4H3. The highest BCUT2D eigenvalue weighted by molar-refractivity contribution is 7.07. The van der Waals surface area contributed by atoms with E-state index in [1.807, 2.05) is 19.0 Å². The van der Waals surface area contributed by atoms with Gasteiger partial charge in [0.15, 0.2) is 0 Å². The number of carbonyl (C=O) groups is 1. The molecule has 1 fully saturated rings. The Hall–Kier alpha value is -0.910. The van der Waals surface area contributed by atoms with Crippen LogP contribution in [0.3, 0.4) is 0 Å². The van der Waals surface area contributed by atoms with E-state index < -0.39 is 0 Å². The Balaban J connectivity index is 2.22. The monoisotopic (exact) mass is 281 g/mol. The predicted molar refractivity (Wildman–Crippen MR) is 79.1 cm³/mol. The van der Waals surface area contributed by atoms with Gasteiger partial charge < -0.3 is 9.80 Å². The summed E-state index contributed by atoms with van der Waals surface area (Å²) >= 11 is 1.68. The fraction of sp³-hybridized carbons (Fsp3) is 0.643. The maximum absolute atomic E-state index is 12.5. The Morgan fingerprint density at radius 1 is 1.53 bits per heavy atom. The van der Waals surface area contributed by atoms with Crippen LogP contribution in [0.4, 0.5) is 0 Å². The van der Waals surface area contributed by atoms with Crippen molar-refractivity contribution in [3.8, 4) is 0 Å². The Kier molecular flexibility index (Phi) is 4.60. The summed E-state index contributed by atoms with van der Waals surface area (Å²) in [5.74, 6) is 0.230. The Morgan fingerprint density at radius 2 is 2.26 bits per heavy atom. The molecule has 1 aromatic rings. The van der Waals surface area contributed by atoms with Crippen molar-refractivity contribution in [2.24, 2.45) is 0 Å². The van der Waals surface area contributed by atoms with Gasteiger partial charge in [0.2, 0.25) is 5.91 Å². The van der Waals surface area contributed by atoms with Crippen molar-refractivity contribution in [3.63, 3.8) is 0 Å². The predicted octanol–water partition coefficient (Wildman–Crippen LogP) is 1.91. The molecule has 0 bridgehead atoms. The van der Waals surface area contributed by atoms with Crippen molar-refractivity contribution >= 4 is 17.2 Å². The number of nitrogens with one attached hydrogen (secondary N) is 1. The lowest BCUT2D eigenvalue weighted by atomic mass is 10.2. The number of rotatable bonds is 5. The van der Waals surface area contributed by atoms with Crippen LogP contribution in [0, 0.1) is 0 Å². The first-order valence-corrected chi connectivity index (χ1v) is 7.74. The van der Waals surface area contributed by atoms with Gasteiger partial charge >= 0.3 is 0 Å². The second kappa shape index (κ2) is 6.03. The molecule has 1 aliphatic rings. The zero-order chi connectivity index (χ0) is 14.0. The van der Waals surface area contributed by atoms with Crippen LogP contribution in [-0.2, 0) is 4.79 Å². The van der Waals surface area contributed by atoms with Crippen molar-refractivity contribution in [3.05, 3.63) is 22.4 Å². The highest BCUT2D eigenvalue weighted by Gasteiger charge is 2.41. The smallest absolute Gasteiger partial charge is 0.241 e. The summed E-state index contributed by atoms with van der Waals surface area (Å²) in [5.41, 5.74) is 1.19. The average molecular weight is 281 g/mol. The summed E-state index contributed by atoms with van der Waals surface area (Å²) < 4.78 is 0. The Labute approximate surface area is 119 Å². The first-order chi connectivity index (χ1) is 9.04. The number of thiophene rings is 1. The van der Waals surface area contributed by atoms with Gasteiger partial charge in [0.05, 0.1) is 6.04 Å². The van der Waals surface area contributed by atoms with E-state index in [0.717, 1.165) is 13.0 Å². The molecule has 106 valence electrons. The van der Waals surface area contributed by atoms with Crippen LogP contribution < -0.4 is 5.32 Å². The quantitative estimate of drug-likeness (QED) is 0.895. The highest BCUT2D eigenvalue weighted by atomic mass is 32.1. The average Bonchev–Trinajstić information content (AvgIpc) is 2.94. The molecule has 0 aromatic carbocycles. The molecule has 1 aliphatic heterocycles. The fourth-order valence-electron chi connectivity index (χ4n) is 2.72. The fourth-order valence-corrected chi connectivity index (χ4v) is 3.40. The SMILES string of the molecule is CCC1NC(c2ccsc2)N(C(C)CN(C)C)C1=O. The van der Waals surface area contributed by atoms with Gasteiger partial charge in [-0.2, -0.15) is 11.3 Å². The van der Waals surface area contributed by atoms with Gasteiger partial charge in [-0.25, -0.2) is 0 Å². The molecule has 1 N–H and O–H groups in total. The molecular formula is C14H23N3OS. The van der Waals surface area contributed by atoms with Crippen molar-refractivity contribution < 1.29 is 4.79 Å². The lowest BCUT2D eigenvalue weighted by molar-refractivity contribution is -0.132. The van der Waals surface area contributed by atoms with Crippen molar-refractivity contribution in [2.75, 3.05) is 20.6 Å². The third-order valence-electron chi connectivity index (χ3n) is 3.56. The second-order valence-electron chi connectivity index (χ2n) is 5.44. The Morgan fingerprint density at radius 3 is 2.79 bits per heavy atom. The van der Waals surface area contributed by atoms with E-state index in [9.17, 15) is 4.79 Å². The summed E-state index contributed by atoms with van der Waals surface area (Å²) in [5, 5.41) is 7.65. The molecule has 1 amide bonds. The zero-order valence-electron chi connectivity index (χ0n) is 12.1. The van der Waals surface area contributed by atoms with Crippen molar-refractivity contribution in [1.82, 2.24) is 15.1 Å². The Bertz CT molecular complexity index is 418. The summed E-state index contributed by atoms with van der Waals surface area (Å²) in [6.07, 6.45) is 0.864. The molecule has 4 nitrogen and oxygen atoms in total. The van der Waals surface area contributed by atoms with Crippen molar-refractivity contribution in [1.29, 1.82) is 0 Å². The van der Waals surface area contributed by atoms with Crippen LogP contribution in [0.15, 0.2) is 16.8 Å². The topological polar surface area (TPSA) is 35.6 Å². The van der Waals surface area contributed by atoms with Crippen LogP contribution in [-0.4, -0.2) is 48.4 Å². The van der Waals surface area contributed by atoms with Crippen molar-refractivity contribution in [2.45, 2.75) is 38.5 Å². The lowest BCUT2D eigenvalue weighted by Crippen LogP contribution is -2.43. The first kappa shape index (κ1) is 14.5. The highest BCUT2D eigenvalue weighted by Crippen LogP contribution is 2.29. The van der Waals surface area contributed by atoms with E-state index in [1.165, 1.54) is 5.56 Å². The molecule has 2 rings (SSSR count). The summed E-state index contributed by atoms with van der Waals surface area (Å²) in [6.45, 7) is 5.06. The minimum absolute atomic E-state index is 0.0265. The molecule has 0 radical (unpaired) electrons. The van der Waals surface area contributed by atoms with E-state index in [1.54, 1.807) is 11.3 Å². The second-order valence-corrected chi connectivity index (χ2v) is 6.22. The van der Waals surface area contributed by atoms with E-state index in [-0.39, 0.29) is 24.2 Å². The third kappa shape index (κ3) is 2.99. The van der Waals surface area contributed by atoms with Crippen LogP contribution in [0.1, 0.15) is 32.0 Å².